The van der Waals surface area contributed by atoms with Crippen LogP contribution < -0.4 is 10.2 Å². The molecular weight excluding hydrogens is 377 g/mol. The van der Waals surface area contributed by atoms with Gasteiger partial charge in [0.1, 0.15) is 5.82 Å². The van der Waals surface area contributed by atoms with Gasteiger partial charge in [-0.1, -0.05) is 30.3 Å². The zero-order valence-corrected chi connectivity index (χ0v) is 17.7. The van der Waals surface area contributed by atoms with Crippen LogP contribution in [0.25, 0.3) is 0 Å². The van der Waals surface area contributed by atoms with E-state index in [1.54, 1.807) is 0 Å². The summed E-state index contributed by atoms with van der Waals surface area (Å²) >= 11 is 0. The molecule has 1 N–H and O–H groups in total. The van der Waals surface area contributed by atoms with E-state index in [0.29, 0.717) is 0 Å². The highest BCUT2D eigenvalue weighted by Crippen LogP contribution is 2.26. The van der Waals surface area contributed by atoms with Gasteiger partial charge in [0.05, 0.1) is 5.92 Å². The first kappa shape index (κ1) is 20.9. The number of likely N-dealkylation sites (tertiary alicyclic amines) is 1. The van der Waals surface area contributed by atoms with Crippen LogP contribution in [0, 0.1) is 11.7 Å². The van der Waals surface area contributed by atoms with E-state index in [1.807, 2.05) is 12.1 Å². The van der Waals surface area contributed by atoms with Crippen LogP contribution in [0.5, 0.6) is 0 Å². The standard InChI is InChI=1S/C25H32FN3O/c26-23-12-10-20(11-13-23)18-28-15-3-8-22(19-28)25(30)27-14-5-17-29-16-4-7-21-6-1-2-9-24(21)29/h1-2,6,9-13,22H,3-5,7-8,14-19H2,(H,27,30)/t22-/m0/s1. The number of para-hydroxylation sites is 1. The van der Waals surface area contributed by atoms with E-state index in [1.165, 1.54) is 36.2 Å². The Balaban J connectivity index is 1.20. The lowest BCUT2D eigenvalue weighted by atomic mass is 9.96. The maximum absolute atomic E-state index is 13.1. The second-order valence-corrected chi connectivity index (χ2v) is 8.56. The van der Waals surface area contributed by atoms with Crippen molar-refractivity contribution in [3.8, 4) is 0 Å². The van der Waals surface area contributed by atoms with E-state index in [4.69, 9.17) is 0 Å². The fourth-order valence-corrected chi connectivity index (χ4v) is 4.73. The number of halogens is 1. The maximum Gasteiger partial charge on any atom is 0.224 e. The van der Waals surface area contributed by atoms with Crippen molar-refractivity contribution in [2.24, 2.45) is 5.92 Å². The van der Waals surface area contributed by atoms with Gasteiger partial charge in [0, 0.05) is 38.4 Å². The Labute approximate surface area is 179 Å². The van der Waals surface area contributed by atoms with Crippen LogP contribution in [0.2, 0.25) is 0 Å². The predicted molar refractivity (Wildman–Crippen MR) is 119 cm³/mol. The van der Waals surface area contributed by atoms with Gasteiger partial charge in [-0.05, 0) is 68.0 Å². The number of benzene rings is 2. The molecule has 0 saturated carbocycles. The first-order valence-corrected chi connectivity index (χ1v) is 11.3. The molecule has 5 heteroatoms. The molecule has 2 aliphatic heterocycles. The van der Waals surface area contributed by atoms with Gasteiger partial charge in [-0.15, -0.1) is 0 Å². The summed E-state index contributed by atoms with van der Waals surface area (Å²) < 4.78 is 13.1. The molecule has 0 unspecified atom stereocenters. The third kappa shape index (κ3) is 5.39. The predicted octanol–water partition coefficient (Wildman–Crippen LogP) is 4.00. The molecule has 30 heavy (non-hydrogen) atoms. The highest BCUT2D eigenvalue weighted by atomic mass is 19.1. The SMILES string of the molecule is O=C(NCCCN1CCCc2ccccc21)[C@H]1CCCN(Cc2ccc(F)cc2)C1. The van der Waals surface area contributed by atoms with Gasteiger partial charge in [-0.25, -0.2) is 4.39 Å². The molecule has 160 valence electrons. The summed E-state index contributed by atoms with van der Waals surface area (Å²) in [6.45, 7) is 5.37. The lowest BCUT2D eigenvalue weighted by Gasteiger charge is -2.32. The van der Waals surface area contributed by atoms with Crippen molar-refractivity contribution in [3.63, 3.8) is 0 Å². The molecule has 1 saturated heterocycles. The normalized spacial score (nSPS) is 19.4. The Bertz CT molecular complexity index is 839. The number of hydrogen-bond donors (Lipinski definition) is 1. The molecule has 2 aromatic rings. The number of piperidine rings is 1. The largest absolute Gasteiger partial charge is 0.371 e. The quantitative estimate of drug-likeness (QED) is 0.702. The van der Waals surface area contributed by atoms with E-state index >= 15 is 0 Å². The van der Waals surface area contributed by atoms with E-state index in [-0.39, 0.29) is 17.6 Å². The Hall–Kier alpha value is -2.40. The fourth-order valence-electron chi connectivity index (χ4n) is 4.73. The third-order valence-corrected chi connectivity index (χ3v) is 6.31. The molecule has 0 aromatic heterocycles. The number of rotatable bonds is 7. The van der Waals surface area contributed by atoms with E-state index < -0.39 is 0 Å². The fraction of sp³-hybridized carbons (Fsp3) is 0.480. The number of carbonyl (C=O) groups is 1. The van der Waals surface area contributed by atoms with Crippen LogP contribution in [0.1, 0.15) is 36.8 Å². The summed E-state index contributed by atoms with van der Waals surface area (Å²) in [6, 6.07) is 15.3. The van der Waals surface area contributed by atoms with Crippen molar-refractivity contribution in [2.45, 2.75) is 38.6 Å². The number of anilines is 1. The highest BCUT2D eigenvalue weighted by Gasteiger charge is 2.25. The van der Waals surface area contributed by atoms with Crippen LogP contribution in [0.3, 0.4) is 0 Å². The molecule has 2 heterocycles. The van der Waals surface area contributed by atoms with Gasteiger partial charge >= 0.3 is 0 Å². The number of carbonyl (C=O) groups excluding carboxylic acids is 1. The number of aryl methyl sites for hydroxylation is 1. The summed E-state index contributed by atoms with van der Waals surface area (Å²) in [5, 5.41) is 3.17. The number of nitrogens with one attached hydrogen (secondary N) is 1. The molecule has 1 fully saturated rings. The number of hydrogen-bond acceptors (Lipinski definition) is 3. The molecule has 0 bridgehead atoms. The summed E-state index contributed by atoms with van der Waals surface area (Å²) in [5.74, 6) is 0.0236. The Kier molecular flexibility index (Phi) is 7.00. The van der Waals surface area contributed by atoms with Crippen molar-refractivity contribution in [3.05, 3.63) is 65.5 Å². The van der Waals surface area contributed by atoms with Gasteiger partial charge in [-0.3, -0.25) is 9.69 Å². The summed E-state index contributed by atoms with van der Waals surface area (Å²) in [6.07, 6.45) is 5.32. The van der Waals surface area contributed by atoms with Gasteiger partial charge < -0.3 is 10.2 Å². The average molecular weight is 410 g/mol. The first-order chi connectivity index (χ1) is 14.7. The highest BCUT2D eigenvalue weighted by molar-refractivity contribution is 5.78. The topological polar surface area (TPSA) is 35.6 Å². The minimum atomic E-state index is -0.206. The number of amides is 1. The minimum Gasteiger partial charge on any atom is -0.371 e. The van der Waals surface area contributed by atoms with Crippen LogP contribution in [0.4, 0.5) is 10.1 Å². The summed E-state index contributed by atoms with van der Waals surface area (Å²) in [4.78, 5) is 17.5. The number of fused-ring (bicyclic) bond motifs is 1. The molecule has 0 radical (unpaired) electrons. The van der Waals surface area contributed by atoms with Crippen molar-refractivity contribution in [1.29, 1.82) is 0 Å². The molecule has 2 aliphatic rings. The molecule has 1 amide bonds. The van der Waals surface area contributed by atoms with E-state index in [2.05, 4.69) is 39.4 Å². The number of nitrogens with zero attached hydrogens (tertiary/aromatic N) is 2. The van der Waals surface area contributed by atoms with Crippen molar-refractivity contribution >= 4 is 11.6 Å². The molecule has 0 spiro atoms. The lowest BCUT2D eigenvalue weighted by molar-refractivity contribution is -0.126. The van der Waals surface area contributed by atoms with Crippen molar-refractivity contribution in [2.75, 3.05) is 37.6 Å². The molecule has 1 atom stereocenters. The van der Waals surface area contributed by atoms with E-state index in [9.17, 15) is 9.18 Å². The summed E-state index contributed by atoms with van der Waals surface area (Å²) in [5.41, 5.74) is 3.90. The van der Waals surface area contributed by atoms with Gasteiger partial charge in [0.25, 0.3) is 0 Å². The Morgan fingerprint density at radius 2 is 1.90 bits per heavy atom. The zero-order chi connectivity index (χ0) is 20.8. The average Bonchev–Trinajstić information content (AvgIpc) is 2.78. The van der Waals surface area contributed by atoms with E-state index in [0.717, 1.165) is 64.1 Å². The minimum absolute atomic E-state index is 0.0508. The van der Waals surface area contributed by atoms with Crippen LogP contribution in [-0.2, 0) is 17.8 Å². The second kappa shape index (κ2) is 10.1. The van der Waals surface area contributed by atoms with Gasteiger partial charge in [-0.2, -0.15) is 0 Å². The van der Waals surface area contributed by atoms with Crippen LogP contribution in [0.15, 0.2) is 48.5 Å². The maximum atomic E-state index is 13.1. The van der Waals surface area contributed by atoms with Crippen molar-refractivity contribution < 1.29 is 9.18 Å². The zero-order valence-electron chi connectivity index (χ0n) is 17.7. The molecular formula is C25H32FN3O. The lowest BCUT2D eigenvalue weighted by Crippen LogP contribution is -2.43. The second-order valence-electron chi connectivity index (χ2n) is 8.56. The van der Waals surface area contributed by atoms with Crippen LogP contribution in [-0.4, -0.2) is 43.5 Å². The van der Waals surface area contributed by atoms with Crippen molar-refractivity contribution in [1.82, 2.24) is 10.2 Å². The third-order valence-electron chi connectivity index (χ3n) is 6.31. The van der Waals surface area contributed by atoms with Gasteiger partial charge in [0.15, 0.2) is 0 Å². The first-order valence-electron chi connectivity index (χ1n) is 11.3. The molecule has 0 aliphatic carbocycles. The van der Waals surface area contributed by atoms with Gasteiger partial charge in [0.2, 0.25) is 5.91 Å². The molecule has 4 rings (SSSR count). The molecule has 4 nitrogen and oxygen atoms in total. The Morgan fingerprint density at radius 1 is 1.07 bits per heavy atom. The summed E-state index contributed by atoms with van der Waals surface area (Å²) in [7, 11) is 0. The smallest absolute Gasteiger partial charge is 0.224 e. The monoisotopic (exact) mass is 409 g/mol. The molecule has 2 aromatic carbocycles. The Morgan fingerprint density at radius 3 is 2.77 bits per heavy atom. The van der Waals surface area contributed by atoms with Crippen LogP contribution >= 0.6 is 0 Å².